The van der Waals surface area contributed by atoms with Gasteiger partial charge < -0.3 is 14.9 Å². The number of hydrogen-bond donors (Lipinski definition) is 2. The van der Waals surface area contributed by atoms with Crippen molar-refractivity contribution in [2.45, 2.75) is 37.8 Å². The highest BCUT2D eigenvalue weighted by Crippen LogP contribution is 2.44. The molecule has 1 aliphatic carbocycles. The molecule has 2 aliphatic rings. The molecule has 32 heavy (non-hydrogen) atoms. The third kappa shape index (κ3) is 3.60. The lowest BCUT2D eigenvalue weighted by Crippen LogP contribution is -2.60. The summed E-state index contributed by atoms with van der Waals surface area (Å²) in [6.45, 7) is 1.03. The number of hydrogen-bond acceptors (Lipinski definition) is 6. The fraction of sp³-hybridized carbons (Fsp3) is 0.304. The number of amides is 3. The maximum Gasteiger partial charge on any atom is 0.430 e. The smallest absolute Gasteiger partial charge is 0.430 e. The number of benzene rings is 2. The van der Waals surface area contributed by atoms with Gasteiger partial charge in [-0.25, -0.2) is 9.59 Å². The van der Waals surface area contributed by atoms with Crippen molar-refractivity contribution in [2.24, 2.45) is 0 Å². The van der Waals surface area contributed by atoms with Gasteiger partial charge in [0, 0.05) is 18.8 Å². The standard InChI is InChI=1S/C23H22N2O7/c1-13(26)21(22(29)30)25(24-19(27)10-11-20(24)28)23(31)32-12-18-16-8-4-2-6-14(16)15-7-3-5-9-17(15)18/h2-9,13,18,21,26H,10-12H2,1H3,(H,29,30)/t13-,21+/m1/s1. The number of carbonyl (C=O) groups is 4. The summed E-state index contributed by atoms with van der Waals surface area (Å²) in [6, 6.07) is 13.5. The van der Waals surface area contributed by atoms with Crippen molar-refractivity contribution in [3.8, 4) is 11.1 Å². The van der Waals surface area contributed by atoms with E-state index in [1.54, 1.807) is 0 Å². The largest absolute Gasteiger partial charge is 0.480 e. The van der Waals surface area contributed by atoms with E-state index in [1.807, 2.05) is 48.5 Å². The van der Waals surface area contributed by atoms with Gasteiger partial charge in [-0.3, -0.25) is 9.59 Å². The number of carboxylic acid groups (broad SMARTS) is 1. The average molecular weight is 438 g/mol. The van der Waals surface area contributed by atoms with Crippen LogP contribution in [0.5, 0.6) is 0 Å². The molecule has 0 aromatic heterocycles. The molecule has 166 valence electrons. The number of ether oxygens (including phenoxy) is 1. The van der Waals surface area contributed by atoms with Crippen LogP contribution in [-0.2, 0) is 19.1 Å². The van der Waals surface area contributed by atoms with E-state index in [1.165, 1.54) is 0 Å². The molecule has 0 spiro atoms. The van der Waals surface area contributed by atoms with Gasteiger partial charge in [0.25, 0.3) is 0 Å². The van der Waals surface area contributed by atoms with E-state index in [0.717, 1.165) is 29.2 Å². The predicted molar refractivity (Wildman–Crippen MR) is 111 cm³/mol. The number of aliphatic hydroxyl groups is 1. The highest BCUT2D eigenvalue weighted by Gasteiger charge is 2.46. The molecule has 1 fully saturated rings. The van der Waals surface area contributed by atoms with Crippen molar-refractivity contribution in [2.75, 3.05) is 6.61 Å². The lowest BCUT2D eigenvalue weighted by molar-refractivity contribution is -0.169. The van der Waals surface area contributed by atoms with Crippen molar-refractivity contribution in [1.82, 2.24) is 10.0 Å². The average Bonchev–Trinajstić information content (AvgIpc) is 3.26. The number of aliphatic hydroxyl groups excluding tert-OH is 1. The van der Waals surface area contributed by atoms with Crippen molar-refractivity contribution in [3.63, 3.8) is 0 Å². The molecule has 1 aliphatic heterocycles. The van der Waals surface area contributed by atoms with E-state index in [2.05, 4.69) is 0 Å². The lowest BCUT2D eigenvalue weighted by Gasteiger charge is -2.35. The predicted octanol–water partition coefficient (Wildman–Crippen LogP) is 2.14. The Morgan fingerprint density at radius 1 is 1.03 bits per heavy atom. The zero-order valence-electron chi connectivity index (χ0n) is 17.3. The Bertz CT molecular complexity index is 1040. The van der Waals surface area contributed by atoms with E-state index in [4.69, 9.17) is 4.74 Å². The van der Waals surface area contributed by atoms with Gasteiger partial charge in [-0.15, -0.1) is 0 Å². The quantitative estimate of drug-likeness (QED) is 0.662. The summed E-state index contributed by atoms with van der Waals surface area (Å²) >= 11 is 0. The molecule has 0 unspecified atom stereocenters. The normalized spacial score (nSPS) is 17.0. The molecule has 9 nitrogen and oxygen atoms in total. The minimum Gasteiger partial charge on any atom is -0.480 e. The van der Waals surface area contributed by atoms with Crippen LogP contribution in [-0.4, -0.2) is 62.9 Å². The molecule has 0 saturated carbocycles. The first-order valence-corrected chi connectivity index (χ1v) is 10.2. The Morgan fingerprint density at radius 2 is 1.53 bits per heavy atom. The number of aliphatic carboxylic acids is 1. The Balaban J connectivity index is 1.63. The second kappa shape index (κ2) is 8.43. The number of hydrazine groups is 1. The number of nitrogens with zero attached hydrogens (tertiary/aromatic N) is 2. The SMILES string of the molecule is C[C@@H](O)[C@@H](C(=O)O)N(C(=O)OCC1c2ccccc2-c2ccccc21)N1C(=O)CCC1=O. The Morgan fingerprint density at radius 3 is 2.00 bits per heavy atom. The minimum absolute atomic E-state index is 0.133. The van der Waals surface area contributed by atoms with Gasteiger partial charge in [-0.1, -0.05) is 48.5 Å². The summed E-state index contributed by atoms with van der Waals surface area (Å²) in [5.41, 5.74) is 3.93. The van der Waals surface area contributed by atoms with Crippen LogP contribution in [0.3, 0.4) is 0 Å². The molecule has 1 heterocycles. The Labute approximate surface area is 183 Å². The third-order valence-electron chi connectivity index (χ3n) is 5.74. The fourth-order valence-corrected chi connectivity index (χ4v) is 4.30. The molecule has 0 bridgehead atoms. The second-order valence-corrected chi connectivity index (χ2v) is 7.77. The van der Waals surface area contributed by atoms with Gasteiger partial charge >= 0.3 is 12.1 Å². The van der Waals surface area contributed by atoms with E-state index in [9.17, 15) is 29.4 Å². The van der Waals surface area contributed by atoms with Crippen LogP contribution in [0, 0.1) is 0 Å². The van der Waals surface area contributed by atoms with Crippen LogP contribution in [0.4, 0.5) is 4.79 Å². The van der Waals surface area contributed by atoms with E-state index >= 15 is 0 Å². The monoisotopic (exact) mass is 438 g/mol. The van der Waals surface area contributed by atoms with Gasteiger partial charge in [-0.2, -0.15) is 10.0 Å². The van der Waals surface area contributed by atoms with Gasteiger partial charge in [-0.05, 0) is 29.2 Å². The molecule has 2 atom stereocenters. The van der Waals surface area contributed by atoms with Crippen LogP contribution >= 0.6 is 0 Å². The number of imide groups is 1. The van der Waals surface area contributed by atoms with E-state index < -0.39 is 36.0 Å². The van der Waals surface area contributed by atoms with Gasteiger partial charge in [0.15, 0.2) is 6.04 Å². The molecule has 9 heteroatoms. The lowest BCUT2D eigenvalue weighted by atomic mass is 9.98. The molecule has 2 N–H and O–H groups in total. The molecule has 4 rings (SSSR count). The second-order valence-electron chi connectivity index (χ2n) is 7.77. The summed E-state index contributed by atoms with van der Waals surface area (Å²) in [7, 11) is 0. The summed E-state index contributed by atoms with van der Waals surface area (Å²) in [4.78, 5) is 49.3. The van der Waals surface area contributed by atoms with Crippen LogP contribution in [0.1, 0.15) is 36.8 Å². The maximum absolute atomic E-state index is 13.0. The molecule has 1 saturated heterocycles. The zero-order chi connectivity index (χ0) is 23.0. The summed E-state index contributed by atoms with van der Waals surface area (Å²) in [5, 5.41) is 20.5. The van der Waals surface area contributed by atoms with Crippen molar-refractivity contribution in [1.29, 1.82) is 0 Å². The molecule has 2 aromatic carbocycles. The van der Waals surface area contributed by atoms with Crippen molar-refractivity contribution >= 4 is 23.9 Å². The number of rotatable bonds is 6. The molecular formula is C23H22N2O7. The topological polar surface area (TPSA) is 124 Å². The first-order valence-electron chi connectivity index (χ1n) is 10.2. The molecule has 3 amide bonds. The summed E-state index contributed by atoms with van der Waals surface area (Å²) in [5.74, 6) is -3.32. The highest BCUT2D eigenvalue weighted by atomic mass is 16.6. The molecule has 2 aromatic rings. The zero-order valence-corrected chi connectivity index (χ0v) is 17.3. The summed E-state index contributed by atoms with van der Waals surface area (Å²) in [6.07, 6.45) is -3.06. The fourth-order valence-electron chi connectivity index (χ4n) is 4.30. The number of carboxylic acids is 1. The molecular weight excluding hydrogens is 416 g/mol. The van der Waals surface area contributed by atoms with Crippen LogP contribution < -0.4 is 0 Å². The van der Waals surface area contributed by atoms with Gasteiger partial charge in [0.2, 0.25) is 11.8 Å². The van der Waals surface area contributed by atoms with E-state index in [-0.39, 0.29) is 25.4 Å². The first-order chi connectivity index (χ1) is 15.3. The Hall–Kier alpha value is -3.72. The van der Waals surface area contributed by atoms with E-state index in [0.29, 0.717) is 10.0 Å². The molecule has 0 radical (unpaired) electrons. The minimum atomic E-state index is -1.86. The highest BCUT2D eigenvalue weighted by molar-refractivity contribution is 6.03. The van der Waals surface area contributed by atoms with Crippen LogP contribution in [0.2, 0.25) is 0 Å². The Kier molecular flexibility index (Phi) is 5.67. The number of fused-ring (bicyclic) bond motifs is 3. The third-order valence-corrected chi connectivity index (χ3v) is 5.74. The van der Waals surface area contributed by atoms with Gasteiger partial charge in [0.1, 0.15) is 6.61 Å². The van der Waals surface area contributed by atoms with Crippen LogP contribution in [0.15, 0.2) is 48.5 Å². The first kappa shape index (κ1) is 21.5. The van der Waals surface area contributed by atoms with Crippen molar-refractivity contribution < 1.29 is 34.1 Å². The maximum atomic E-state index is 13.0. The van der Waals surface area contributed by atoms with Crippen LogP contribution in [0.25, 0.3) is 11.1 Å². The number of carbonyl (C=O) groups excluding carboxylic acids is 3. The van der Waals surface area contributed by atoms with Gasteiger partial charge in [0.05, 0.1) is 6.10 Å². The van der Waals surface area contributed by atoms with Crippen molar-refractivity contribution in [3.05, 3.63) is 59.7 Å². The summed E-state index contributed by atoms with van der Waals surface area (Å²) < 4.78 is 5.46.